The van der Waals surface area contributed by atoms with E-state index in [-0.39, 0.29) is 0 Å². The molecule has 0 saturated heterocycles. The van der Waals surface area contributed by atoms with Gasteiger partial charge < -0.3 is 5.11 Å². The van der Waals surface area contributed by atoms with E-state index in [1.54, 1.807) is 0 Å². The fourth-order valence-corrected chi connectivity index (χ4v) is 4.77. The topological polar surface area (TPSA) is 20.2 Å². The fourth-order valence-electron chi connectivity index (χ4n) is 4.77. The Morgan fingerprint density at radius 2 is 1.62 bits per heavy atom. The van der Waals surface area contributed by atoms with Crippen molar-refractivity contribution in [1.82, 2.24) is 0 Å². The predicted octanol–water partition coefficient (Wildman–Crippen LogP) is 4.00. The van der Waals surface area contributed by atoms with Crippen molar-refractivity contribution in [3.63, 3.8) is 0 Å². The van der Waals surface area contributed by atoms with Crippen LogP contribution < -0.4 is 0 Å². The Morgan fingerprint density at radius 3 is 2.25 bits per heavy atom. The van der Waals surface area contributed by atoms with Gasteiger partial charge in [-0.25, -0.2) is 0 Å². The Labute approximate surface area is 101 Å². The van der Waals surface area contributed by atoms with Crippen LogP contribution in [-0.2, 0) is 0 Å². The van der Waals surface area contributed by atoms with Gasteiger partial charge in [0.25, 0.3) is 0 Å². The Bertz CT molecular complexity index is 279. The molecule has 0 aromatic heterocycles. The van der Waals surface area contributed by atoms with E-state index in [2.05, 4.69) is 27.7 Å². The molecule has 1 nitrogen and oxygen atoms in total. The molecule has 1 heteroatoms. The highest BCUT2D eigenvalue weighted by molar-refractivity contribution is 5.05. The second kappa shape index (κ2) is 3.48. The smallest absolute Gasteiger partial charge is 0.0650 e. The number of rotatable bonds is 0. The van der Waals surface area contributed by atoms with E-state index >= 15 is 0 Å². The second-order valence-electron chi connectivity index (χ2n) is 7.52. The molecule has 94 valence electrons. The third kappa shape index (κ3) is 1.63. The molecule has 0 aliphatic heterocycles. The molecule has 0 spiro atoms. The molecule has 1 unspecified atom stereocenters. The molecular formula is C15H28O. The lowest BCUT2D eigenvalue weighted by Gasteiger charge is -2.60. The van der Waals surface area contributed by atoms with E-state index in [1.165, 1.54) is 25.7 Å². The van der Waals surface area contributed by atoms with Gasteiger partial charge in [-0.2, -0.15) is 0 Å². The standard InChI is InChI=1S/C15H28O/c1-11-14(4)9-6-8-13(2,3)12(14)7-10-15(11,5)16/h11-12,16H,6-10H2,1-5H3/t11-,12?,14-,15-/m1/s1. The quantitative estimate of drug-likeness (QED) is 0.659. The maximum Gasteiger partial charge on any atom is 0.0650 e. The van der Waals surface area contributed by atoms with Gasteiger partial charge in [-0.3, -0.25) is 0 Å². The molecule has 4 atom stereocenters. The Morgan fingerprint density at radius 1 is 1.00 bits per heavy atom. The maximum atomic E-state index is 10.5. The highest BCUT2D eigenvalue weighted by Crippen LogP contribution is 2.61. The van der Waals surface area contributed by atoms with Crippen LogP contribution in [0.15, 0.2) is 0 Å². The zero-order valence-corrected chi connectivity index (χ0v) is 11.6. The van der Waals surface area contributed by atoms with Crippen LogP contribution in [0.3, 0.4) is 0 Å². The Kier molecular flexibility index (Phi) is 2.70. The van der Waals surface area contributed by atoms with E-state index in [1.807, 2.05) is 6.92 Å². The SMILES string of the molecule is C[C@@H]1[C@@]2(C)CCCC(C)(C)C2CC[C@@]1(C)O. The molecule has 0 amide bonds. The van der Waals surface area contributed by atoms with E-state index in [4.69, 9.17) is 0 Å². The average Bonchev–Trinajstić information content (AvgIpc) is 2.12. The fraction of sp³-hybridized carbons (Fsp3) is 1.00. The molecular weight excluding hydrogens is 196 g/mol. The summed E-state index contributed by atoms with van der Waals surface area (Å²) in [6.07, 6.45) is 6.19. The van der Waals surface area contributed by atoms with Gasteiger partial charge in [0, 0.05) is 0 Å². The Balaban J connectivity index is 2.34. The summed E-state index contributed by atoms with van der Waals surface area (Å²) in [5.41, 5.74) is 0.375. The van der Waals surface area contributed by atoms with Gasteiger partial charge in [0.1, 0.15) is 0 Å². The summed E-state index contributed by atoms with van der Waals surface area (Å²) in [7, 11) is 0. The lowest BCUT2D eigenvalue weighted by molar-refractivity contribution is -0.160. The van der Waals surface area contributed by atoms with Crippen molar-refractivity contribution >= 4 is 0 Å². The molecule has 0 bridgehead atoms. The third-order valence-electron chi connectivity index (χ3n) is 6.14. The molecule has 16 heavy (non-hydrogen) atoms. The molecule has 2 aliphatic carbocycles. The number of hydrogen-bond donors (Lipinski definition) is 1. The van der Waals surface area contributed by atoms with Crippen LogP contribution in [0.2, 0.25) is 0 Å². The maximum absolute atomic E-state index is 10.5. The molecule has 1 N–H and O–H groups in total. The molecule has 2 aliphatic rings. The summed E-state index contributed by atoms with van der Waals surface area (Å²) in [4.78, 5) is 0. The van der Waals surface area contributed by atoms with Crippen LogP contribution in [0.1, 0.15) is 66.7 Å². The first kappa shape index (κ1) is 12.4. The van der Waals surface area contributed by atoms with Crippen LogP contribution in [0.5, 0.6) is 0 Å². The van der Waals surface area contributed by atoms with Gasteiger partial charge in [0.2, 0.25) is 0 Å². The van der Waals surface area contributed by atoms with E-state index in [0.717, 1.165) is 12.3 Å². The van der Waals surface area contributed by atoms with Gasteiger partial charge in [-0.1, -0.05) is 34.1 Å². The Hall–Kier alpha value is -0.0400. The second-order valence-corrected chi connectivity index (χ2v) is 7.52. The minimum Gasteiger partial charge on any atom is -0.390 e. The monoisotopic (exact) mass is 224 g/mol. The van der Waals surface area contributed by atoms with Gasteiger partial charge in [-0.15, -0.1) is 0 Å². The van der Waals surface area contributed by atoms with Crippen LogP contribution in [0, 0.1) is 22.7 Å². The van der Waals surface area contributed by atoms with Crippen molar-refractivity contribution in [3.05, 3.63) is 0 Å². The predicted molar refractivity (Wildman–Crippen MR) is 68.3 cm³/mol. The molecule has 2 rings (SSSR count). The zero-order chi connectivity index (χ0) is 12.2. The summed E-state index contributed by atoms with van der Waals surface area (Å²) >= 11 is 0. The molecule has 0 radical (unpaired) electrons. The van der Waals surface area contributed by atoms with Crippen molar-refractivity contribution < 1.29 is 5.11 Å². The van der Waals surface area contributed by atoms with Crippen LogP contribution in [0.4, 0.5) is 0 Å². The molecule has 0 heterocycles. The van der Waals surface area contributed by atoms with Crippen LogP contribution in [-0.4, -0.2) is 10.7 Å². The zero-order valence-electron chi connectivity index (χ0n) is 11.6. The summed E-state index contributed by atoms with van der Waals surface area (Å²) in [5.74, 6) is 1.22. The van der Waals surface area contributed by atoms with Crippen LogP contribution in [0.25, 0.3) is 0 Å². The minimum absolute atomic E-state index is 0.351. The molecule has 0 aromatic rings. The summed E-state index contributed by atoms with van der Waals surface area (Å²) in [6, 6.07) is 0. The first-order valence-corrected chi connectivity index (χ1v) is 6.92. The highest BCUT2D eigenvalue weighted by atomic mass is 16.3. The lowest BCUT2D eigenvalue weighted by atomic mass is 9.46. The molecule has 0 aromatic carbocycles. The molecule has 2 fully saturated rings. The van der Waals surface area contributed by atoms with Crippen LogP contribution >= 0.6 is 0 Å². The third-order valence-corrected chi connectivity index (χ3v) is 6.14. The first-order valence-electron chi connectivity index (χ1n) is 6.92. The van der Waals surface area contributed by atoms with Gasteiger partial charge in [-0.05, 0) is 55.3 Å². The van der Waals surface area contributed by atoms with Gasteiger partial charge >= 0.3 is 0 Å². The highest BCUT2D eigenvalue weighted by Gasteiger charge is 2.56. The van der Waals surface area contributed by atoms with Crippen molar-refractivity contribution in [2.24, 2.45) is 22.7 Å². The molecule has 2 saturated carbocycles. The van der Waals surface area contributed by atoms with Gasteiger partial charge in [0.05, 0.1) is 5.60 Å². The van der Waals surface area contributed by atoms with Crippen molar-refractivity contribution in [2.75, 3.05) is 0 Å². The van der Waals surface area contributed by atoms with E-state index in [9.17, 15) is 5.11 Å². The lowest BCUT2D eigenvalue weighted by Crippen LogP contribution is -2.56. The summed E-state index contributed by atoms with van der Waals surface area (Å²) < 4.78 is 0. The van der Waals surface area contributed by atoms with E-state index < -0.39 is 5.60 Å². The van der Waals surface area contributed by atoms with Crippen molar-refractivity contribution in [3.8, 4) is 0 Å². The first-order chi connectivity index (χ1) is 7.20. The van der Waals surface area contributed by atoms with E-state index in [0.29, 0.717) is 16.7 Å². The van der Waals surface area contributed by atoms with Crippen molar-refractivity contribution in [2.45, 2.75) is 72.3 Å². The minimum atomic E-state index is -0.446. The average molecular weight is 224 g/mol. The number of hydrogen-bond acceptors (Lipinski definition) is 1. The number of fused-ring (bicyclic) bond motifs is 1. The summed E-state index contributed by atoms with van der Waals surface area (Å²) in [6.45, 7) is 11.6. The summed E-state index contributed by atoms with van der Waals surface area (Å²) in [5, 5.41) is 10.5. The normalized spacial score (nSPS) is 52.1. The number of aliphatic hydroxyl groups is 1. The van der Waals surface area contributed by atoms with Crippen molar-refractivity contribution in [1.29, 1.82) is 0 Å². The van der Waals surface area contributed by atoms with Gasteiger partial charge in [0.15, 0.2) is 0 Å². The largest absolute Gasteiger partial charge is 0.390 e.